The number of phenols is 2. The van der Waals surface area contributed by atoms with Gasteiger partial charge in [-0.2, -0.15) is 0 Å². The summed E-state index contributed by atoms with van der Waals surface area (Å²) in [5.74, 6) is 0.0839. The second-order valence-corrected chi connectivity index (χ2v) is 3.79. The summed E-state index contributed by atoms with van der Waals surface area (Å²) < 4.78 is 4.83. The summed E-state index contributed by atoms with van der Waals surface area (Å²) in [4.78, 5) is 0. The first-order valence-corrected chi connectivity index (χ1v) is 6.44. The van der Waals surface area contributed by atoms with Gasteiger partial charge in [0.1, 0.15) is 11.5 Å². The Labute approximate surface area is 114 Å². The second kappa shape index (κ2) is 10.6. The van der Waals surface area contributed by atoms with Crippen LogP contribution in [-0.2, 0) is 17.6 Å². The number of hydrogen-bond donors (Lipinski definition) is 4. The molecule has 110 valence electrons. The Bertz CT molecular complexity index is 319. The number of hydrogen-bond acceptors (Lipinski definition) is 5. The largest absolute Gasteiger partial charge is 0.508 e. The van der Waals surface area contributed by atoms with E-state index in [0.717, 1.165) is 13.2 Å². The average molecular weight is 272 g/mol. The van der Waals surface area contributed by atoms with Gasteiger partial charge >= 0.3 is 0 Å². The van der Waals surface area contributed by atoms with Crippen LogP contribution in [0.5, 0.6) is 11.5 Å². The highest BCUT2D eigenvalue weighted by Crippen LogP contribution is 2.29. The third-order valence-electron chi connectivity index (χ3n) is 2.51. The third kappa shape index (κ3) is 6.42. The van der Waals surface area contributed by atoms with Crippen LogP contribution in [0.1, 0.15) is 25.0 Å². The molecule has 1 aromatic carbocycles. The molecule has 0 aliphatic rings. The van der Waals surface area contributed by atoms with Crippen molar-refractivity contribution in [3.63, 3.8) is 0 Å². The zero-order chi connectivity index (χ0) is 14.7. The number of phenolic OH excluding ortho intramolecular Hbond substituents is 2. The predicted octanol–water partition coefficient (Wildman–Crippen LogP) is 1.21. The van der Waals surface area contributed by atoms with Gasteiger partial charge in [0, 0.05) is 37.6 Å². The highest BCUT2D eigenvalue weighted by atomic mass is 16.5. The van der Waals surface area contributed by atoms with E-state index in [1.165, 1.54) is 12.1 Å². The Morgan fingerprint density at radius 1 is 0.842 bits per heavy atom. The second-order valence-electron chi connectivity index (χ2n) is 3.79. The lowest BCUT2D eigenvalue weighted by molar-refractivity contribution is 0.162. The van der Waals surface area contributed by atoms with E-state index >= 15 is 0 Å². The van der Waals surface area contributed by atoms with E-state index in [9.17, 15) is 10.2 Å². The Kier molecular flexibility index (Phi) is 9.88. The molecular formula is C14H24O5. The van der Waals surface area contributed by atoms with E-state index in [4.69, 9.17) is 14.9 Å². The van der Waals surface area contributed by atoms with Gasteiger partial charge in [0.15, 0.2) is 0 Å². The number of aliphatic hydroxyl groups is 2. The molecule has 0 bridgehead atoms. The van der Waals surface area contributed by atoms with Gasteiger partial charge in [0.25, 0.3) is 0 Å². The molecule has 5 heteroatoms. The van der Waals surface area contributed by atoms with Crippen molar-refractivity contribution in [1.82, 2.24) is 0 Å². The highest BCUT2D eigenvalue weighted by molar-refractivity contribution is 5.47. The molecule has 0 spiro atoms. The molecule has 5 nitrogen and oxygen atoms in total. The minimum Gasteiger partial charge on any atom is -0.508 e. The molecule has 0 radical (unpaired) electrons. The molecule has 0 aliphatic heterocycles. The van der Waals surface area contributed by atoms with Crippen LogP contribution in [0, 0.1) is 0 Å². The molecule has 4 N–H and O–H groups in total. The van der Waals surface area contributed by atoms with Crippen LogP contribution in [0.15, 0.2) is 12.1 Å². The minimum atomic E-state index is -0.102. The van der Waals surface area contributed by atoms with Crippen molar-refractivity contribution >= 4 is 0 Å². The fraction of sp³-hybridized carbons (Fsp3) is 0.571. The van der Waals surface area contributed by atoms with E-state index in [2.05, 4.69) is 0 Å². The highest BCUT2D eigenvalue weighted by Gasteiger charge is 2.11. The van der Waals surface area contributed by atoms with E-state index in [0.29, 0.717) is 11.1 Å². The maximum absolute atomic E-state index is 9.47. The van der Waals surface area contributed by atoms with Crippen molar-refractivity contribution in [2.75, 3.05) is 26.4 Å². The first-order valence-electron chi connectivity index (χ1n) is 6.44. The zero-order valence-electron chi connectivity index (χ0n) is 11.6. The van der Waals surface area contributed by atoms with Gasteiger partial charge in [-0.25, -0.2) is 0 Å². The van der Waals surface area contributed by atoms with Crippen LogP contribution in [0.25, 0.3) is 0 Å². The SMILES string of the molecule is CCOCC.OCCc1c(O)ccc(O)c1CCO. The standard InChI is InChI=1S/C10H14O4.C4H10O/c11-5-3-7-8(4-6-12)10(14)2-1-9(7)13;1-3-5-4-2/h1-2,11-14H,3-6H2;3-4H2,1-2H3. The molecule has 1 rings (SSSR count). The van der Waals surface area contributed by atoms with E-state index in [1.54, 1.807) is 0 Å². The molecule has 0 unspecified atom stereocenters. The van der Waals surface area contributed by atoms with Crippen LogP contribution in [-0.4, -0.2) is 46.9 Å². The summed E-state index contributed by atoms with van der Waals surface area (Å²) in [5.41, 5.74) is 1.00. The molecule has 0 aromatic heterocycles. The Balaban J connectivity index is 0.000000555. The van der Waals surface area contributed by atoms with Gasteiger partial charge in [-0.3, -0.25) is 0 Å². The van der Waals surface area contributed by atoms with Crippen molar-refractivity contribution in [2.24, 2.45) is 0 Å². The van der Waals surface area contributed by atoms with Crippen LogP contribution in [0.4, 0.5) is 0 Å². The number of aliphatic hydroxyl groups excluding tert-OH is 2. The molecule has 0 aliphatic carbocycles. The summed E-state index contributed by atoms with van der Waals surface area (Å²) in [5, 5.41) is 36.5. The molecule has 0 saturated heterocycles. The molecule has 0 heterocycles. The van der Waals surface area contributed by atoms with Crippen molar-refractivity contribution < 1.29 is 25.2 Å². The number of rotatable bonds is 6. The van der Waals surface area contributed by atoms with Crippen molar-refractivity contribution in [2.45, 2.75) is 26.7 Å². The number of aromatic hydroxyl groups is 2. The number of benzene rings is 1. The molecule has 0 fully saturated rings. The maximum Gasteiger partial charge on any atom is 0.119 e. The summed E-state index contributed by atoms with van der Waals surface area (Å²) in [7, 11) is 0. The van der Waals surface area contributed by atoms with Gasteiger partial charge in [0.05, 0.1) is 0 Å². The minimum absolute atomic E-state index is 0.0419. The molecule has 0 saturated carbocycles. The fourth-order valence-corrected chi connectivity index (χ4v) is 1.65. The summed E-state index contributed by atoms with van der Waals surface area (Å²) in [6.07, 6.45) is 0.547. The average Bonchev–Trinajstić information content (AvgIpc) is 2.40. The van der Waals surface area contributed by atoms with E-state index < -0.39 is 0 Å². The van der Waals surface area contributed by atoms with Crippen molar-refractivity contribution in [1.29, 1.82) is 0 Å². The first-order chi connectivity index (χ1) is 9.12. The molecule has 0 amide bonds. The lowest BCUT2D eigenvalue weighted by Crippen LogP contribution is -2.01. The summed E-state index contributed by atoms with van der Waals surface area (Å²) in [6.45, 7) is 5.46. The van der Waals surface area contributed by atoms with Gasteiger partial charge in [-0.15, -0.1) is 0 Å². The van der Waals surface area contributed by atoms with Crippen LogP contribution in [0.2, 0.25) is 0 Å². The van der Waals surface area contributed by atoms with Crippen LogP contribution in [0.3, 0.4) is 0 Å². The lowest BCUT2D eigenvalue weighted by Gasteiger charge is -2.11. The molecule has 19 heavy (non-hydrogen) atoms. The maximum atomic E-state index is 9.47. The Hall–Kier alpha value is -1.30. The van der Waals surface area contributed by atoms with Crippen LogP contribution < -0.4 is 0 Å². The molecular weight excluding hydrogens is 248 g/mol. The Morgan fingerprint density at radius 3 is 1.42 bits per heavy atom. The summed E-state index contributed by atoms with van der Waals surface area (Å²) >= 11 is 0. The quantitative estimate of drug-likeness (QED) is 0.584. The van der Waals surface area contributed by atoms with Gasteiger partial charge in [0.2, 0.25) is 0 Å². The predicted molar refractivity (Wildman–Crippen MR) is 73.5 cm³/mol. The van der Waals surface area contributed by atoms with Crippen LogP contribution >= 0.6 is 0 Å². The van der Waals surface area contributed by atoms with E-state index in [-0.39, 0.29) is 37.6 Å². The third-order valence-corrected chi connectivity index (χ3v) is 2.51. The zero-order valence-corrected chi connectivity index (χ0v) is 11.6. The smallest absolute Gasteiger partial charge is 0.119 e. The number of ether oxygens (including phenoxy) is 1. The first kappa shape index (κ1) is 17.7. The van der Waals surface area contributed by atoms with Gasteiger partial charge in [-0.05, 0) is 38.8 Å². The Morgan fingerprint density at radius 2 is 1.21 bits per heavy atom. The monoisotopic (exact) mass is 272 g/mol. The van der Waals surface area contributed by atoms with Gasteiger partial charge in [-0.1, -0.05) is 0 Å². The molecule has 0 atom stereocenters. The summed E-state index contributed by atoms with van der Waals surface area (Å²) in [6, 6.07) is 2.75. The van der Waals surface area contributed by atoms with Crippen molar-refractivity contribution in [3.8, 4) is 11.5 Å². The fourth-order valence-electron chi connectivity index (χ4n) is 1.65. The van der Waals surface area contributed by atoms with E-state index in [1.807, 2.05) is 13.8 Å². The van der Waals surface area contributed by atoms with Gasteiger partial charge < -0.3 is 25.2 Å². The normalized spacial score (nSPS) is 9.89. The molecule has 1 aromatic rings. The van der Waals surface area contributed by atoms with Crippen molar-refractivity contribution in [3.05, 3.63) is 23.3 Å². The topological polar surface area (TPSA) is 90.2 Å². The lowest BCUT2D eigenvalue weighted by atomic mass is 10.00.